The van der Waals surface area contributed by atoms with Crippen molar-refractivity contribution in [3.63, 3.8) is 0 Å². The van der Waals surface area contributed by atoms with Crippen LogP contribution in [0.1, 0.15) is 31.8 Å². The number of rotatable bonds is 8. The molecular formula is C32H28O8. The van der Waals surface area contributed by atoms with E-state index in [1.807, 2.05) is 60.7 Å². The molecule has 204 valence electrons. The number of benzene rings is 4. The summed E-state index contributed by atoms with van der Waals surface area (Å²) in [6, 6.07) is 23.7. The first-order valence-corrected chi connectivity index (χ1v) is 12.0. The second kappa shape index (κ2) is 13.9. The minimum Gasteiger partial charge on any atom is -0.507 e. The molecule has 0 saturated carbocycles. The van der Waals surface area contributed by atoms with Gasteiger partial charge in [-0.1, -0.05) is 72.8 Å². The second-order valence-electron chi connectivity index (χ2n) is 8.30. The molecule has 4 rings (SSSR count). The number of ketones is 2. The fourth-order valence-corrected chi connectivity index (χ4v) is 3.55. The lowest BCUT2D eigenvalue weighted by molar-refractivity contribution is 0.103. The predicted octanol–water partition coefficient (Wildman–Crippen LogP) is 6.01. The van der Waals surface area contributed by atoms with Crippen LogP contribution < -0.4 is 9.47 Å². The van der Waals surface area contributed by atoms with Crippen LogP contribution in [0, 0.1) is 0 Å². The van der Waals surface area contributed by atoms with E-state index in [2.05, 4.69) is 0 Å². The molecule has 40 heavy (non-hydrogen) atoms. The summed E-state index contributed by atoms with van der Waals surface area (Å²) in [4.78, 5) is 24.0. The zero-order chi connectivity index (χ0) is 29.1. The lowest BCUT2D eigenvalue weighted by Gasteiger charge is -2.07. The van der Waals surface area contributed by atoms with Crippen molar-refractivity contribution in [2.75, 3.05) is 14.2 Å². The van der Waals surface area contributed by atoms with Gasteiger partial charge in [-0.25, -0.2) is 0 Å². The van der Waals surface area contributed by atoms with Gasteiger partial charge in [-0.15, -0.1) is 0 Å². The SMILES string of the molecule is COc1cc(O)c(C(=O)C=Cc2ccccc2)c(O)c1.COc1cc(O)c(C(=O)C=Cc2ccccc2)c(O)c1. The molecule has 4 aromatic carbocycles. The van der Waals surface area contributed by atoms with Crippen LogP contribution in [0.4, 0.5) is 0 Å². The normalized spacial score (nSPS) is 10.7. The Morgan fingerprint density at radius 1 is 0.550 bits per heavy atom. The topological polar surface area (TPSA) is 134 Å². The highest BCUT2D eigenvalue weighted by atomic mass is 16.5. The number of ether oxygens (including phenoxy) is 2. The van der Waals surface area contributed by atoms with Crippen molar-refractivity contribution >= 4 is 23.7 Å². The third-order valence-electron chi connectivity index (χ3n) is 5.56. The Kier molecular flexibility index (Phi) is 10.1. The van der Waals surface area contributed by atoms with Crippen LogP contribution in [-0.4, -0.2) is 46.2 Å². The maximum atomic E-state index is 12.0. The molecule has 0 aliphatic rings. The first-order valence-electron chi connectivity index (χ1n) is 12.0. The largest absolute Gasteiger partial charge is 0.507 e. The smallest absolute Gasteiger partial charge is 0.193 e. The van der Waals surface area contributed by atoms with Gasteiger partial charge in [-0.2, -0.15) is 0 Å². The first-order chi connectivity index (χ1) is 19.2. The Morgan fingerprint density at radius 2 is 0.850 bits per heavy atom. The average Bonchev–Trinajstić information content (AvgIpc) is 2.95. The van der Waals surface area contributed by atoms with Gasteiger partial charge in [-0.3, -0.25) is 9.59 Å². The molecule has 0 heterocycles. The molecule has 0 aliphatic carbocycles. The summed E-state index contributed by atoms with van der Waals surface area (Å²) in [6.07, 6.45) is 5.84. The molecule has 0 spiro atoms. The van der Waals surface area contributed by atoms with Crippen molar-refractivity contribution in [2.24, 2.45) is 0 Å². The van der Waals surface area contributed by atoms with Gasteiger partial charge in [0.2, 0.25) is 0 Å². The summed E-state index contributed by atoms with van der Waals surface area (Å²) < 4.78 is 9.78. The molecule has 0 aromatic heterocycles. The van der Waals surface area contributed by atoms with E-state index in [0.29, 0.717) is 0 Å². The maximum Gasteiger partial charge on any atom is 0.193 e. The van der Waals surface area contributed by atoms with Crippen LogP contribution in [0.5, 0.6) is 34.5 Å². The van der Waals surface area contributed by atoms with Gasteiger partial charge in [0.05, 0.1) is 14.2 Å². The fraction of sp³-hybridized carbons (Fsp3) is 0.0625. The van der Waals surface area contributed by atoms with Gasteiger partial charge in [0.1, 0.15) is 45.6 Å². The van der Waals surface area contributed by atoms with Gasteiger partial charge in [-0.05, 0) is 23.3 Å². The van der Waals surface area contributed by atoms with E-state index in [4.69, 9.17) is 9.47 Å². The number of phenolic OH excluding ortho intramolecular Hbond substituents is 4. The van der Waals surface area contributed by atoms with Crippen LogP contribution in [0.2, 0.25) is 0 Å². The Bertz CT molecular complexity index is 1360. The van der Waals surface area contributed by atoms with Crippen molar-refractivity contribution in [1.82, 2.24) is 0 Å². The lowest BCUT2D eigenvalue weighted by atomic mass is 10.1. The molecule has 8 heteroatoms. The summed E-state index contributed by atoms with van der Waals surface area (Å²) in [5, 5.41) is 39.1. The van der Waals surface area contributed by atoms with Gasteiger partial charge < -0.3 is 29.9 Å². The molecule has 0 saturated heterocycles. The van der Waals surface area contributed by atoms with Crippen LogP contribution in [-0.2, 0) is 0 Å². The molecule has 8 nitrogen and oxygen atoms in total. The molecule has 0 bridgehead atoms. The fourth-order valence-electron chi connectivity index (χ4n) is 3.55. The van der Waals surface area contributed by atoms with E-state index >= 15 is 0 Å². The molecule has 4 aromatic rings. The highest BCUT2D eigenvalue weighted by molar-refractivity contribution is 6.11. The number of methoxy groups -OCH3 is 2. The Labute approximate surface area is 231 Å². The summed E-state index contributed by atoms with van der Waals surface area (Å²) in [6.45, 7) is 0. The number of hydrogen-bond acceptors (Lipinski definition) is 8. The Balaban J connectivity index is 0.000000220. The molecule has 0 unspecified atom stereocenters. The van der Waals surface area contributed by atoms with Crippen LogP contribution in [0.15, 0.2) is 97.1 Å². The minimum atomic E-state index is -0.480. The number of allylic oxidation sites excluding steroid dienone is 2. The standard InChI is InChI=1S/2C16H14O4/c2*1-20-12-9-14(18)16(15(19)10-12)13(17)8-7-11-5-3-2-4-6-11/h2*2-10,18-19H,1H3. The molecule has 0 radical (unpaired) electrons. The van der Waals surface area contributed by atoms with E-state index in [1.54, 1.807) is 12.2 Å². The van der Waals surface area contributed by atoms with Gasteiger partial charge in [0, 0.05) is 24.3 Å². The number of aromatic hydroxyl groups is 4. The molecule has 0 amide bonds. The van der Waals surface area contributed by atoms with Crippen molar-refractivity contribution in [3.05, 3.63) is 119 Å². The molecule has 0 fully saturated rings. The number of phenols is 4. The van der Waals surface area contributed by atoms with Gasteiger partial charge in [0.25, 0.3) is 0 Å². The maximum absolute atomic E-state index is 12.0. The third kappa shape index (κ3) is 7.75. The molecule has 4 N–H and O–H groups in total. The van der Waals surface area contributed by atoms with Crippen molar-refractivity contribution < 1.29 is 39.5 Å². The van der Waals surface area contributed by atoms with Crippen molar-refractivity contribution in [3.8, 4) is 34.5 Å². The number of carbonyl (C=O) groups excluding carboxylic acids is 2. The van der Waals surface area contributed by atoms with Crippen LogP contribution >= 0.6 is 0 Å². The average molecular weight is 541 g/mol. The van der Waals surface area contributed by atoms with E-state index in [9.17, 15) is 30.0 Å². The predicted molar refractivity (Wildman–Crippen MR) is 152 cm³/mol. The first kappa shape index (κ1) is 29.1. The highest BCUT2D eigenvalue weighted by Gasteiger charge is 2.17. The number of hydrogen-bond donors (Lipinski definition) is 4. The highest BCUT2D eigenvalue weighted by Crippen LogP contribution is 2.34. The monoisotopic (exact) mass is 540 g/mol. The summed E-state index contributed by atoms with van der Waals surface area (Å²) >= 11 is 0. The lowest BCUT2D eigenvalue weighted by Crippen LogP contribution is -1.96. The minimum absolute atomic E-state index is 0.141. The van der Waals surface area contributed by atoms with Crippen LogP contribution in [0.25, 0.3) is 12.2 Å². The van der Waals surface area contributed by atoms with E-state index in [-0.39, 0.29) is 45.6 Å². The number of carbonyl (C=O) groups is 2. The van der Waals surface area contributed by atoms with Gasteiger partial charge >= 0.3 is 0 Å². The third-order valence-corrected chi connectivity index (χ3v) is 5.56. The summed E-state index contributed by atoms with van der Waals surface area (Å²) in [5.74, 6) is -1.66. The molecule has 0 atom stereocenters. The van der Waals surface area contributed by atoms with E-state index in [0.717, 1.165) is 11.1 Å². The Hall–Kier alpha value is -5.50. The van der Waals surface area contributed by atoms with Crippen molar-refractivity contribution in [1.29, 1.82) is 0 Å². The zero-order valence-electron chi connectivity index (χ0n) is 21.8. The molecule has 0 aliphatic heterocycles. The van der Waals surface area contributed by atoms with E-state index in [1.165, 1.54) is 50.6 Å². The van der Waals surface area contributed by atoms with E-state index < -0.39 is 11.6 Å². The van der Waals surface area contributed by atoms with Gasteiger partial charge in [0.15, 0.2) is 11.6 Å². The summed E-state index contributed by atoms with van der Waals surface area (Å²) in [7, 11) is 2.82. The molecular weight excluding hydrogens is 512 g/mol. The van der Waals surface area contributed by atoms with Crippen molar-refractivity contribution in [2.45, 2.75) is 0 Å². The Morgan fingerprint density at radius 3 is 1.12 bits per heavy atom. The summed E-state index contributed by atoms with van der Waals surface area (Å²) in [5.41, 5.74) is 1.43. The zero-order valence-corrected chi connectivity index (χ0v) is 21.8. The quantitative estimate of drug-likeness (QED) is 0.158. The second-order valence-corrected chi connectivity index (χ2v) is 8.30. The van der Waals surface area contributed by atoms with Crippen LogP contribution in [0.3, 0.4) is 0 Å².